The monoisotopic (exact) mass is 382 g/mol. The number of halogens is 2. The number of carbonyl (C=O) groups is 1. The number of hydrogen-bond acceptors (Lipinski definition) is 3. The van der Waals surface area contributed by atoms with Crippen molar-refractivity contribution in [3.63, 3.8) is 0 Å². The van der Waals surface area contributed by atoms with Gasteiger partial charge in [-0.2, -0.15) is 0 Å². The first-order valence-corrected chi connectivity index (χ1v) is 9.08. The van der Waals surface area contributed by atoms with Crippen LogP contribution < -0.4 is 10.0 Å². The normalized spacial score (nSPS) is 11.2. The number of hydrogen-bond donors (Lipinski definition) is 2. The molecule has 2 rings (SSSR count). The number of sulfonamides is 1. The fourth-order valence-electron chi connectivity index (χ4n) is 2.01. The van der Waals surface area contributed by atoms with E-state index in [2.05, 4.69) is 16.6 Å². The van der Waals surface area contributed by atoms with E-state index in [0.717, 1.165) is 17.7 Å². The molecule has 0 radical (unpaired) electrons. The lowest BCUT2D eigenvalue weighted by molar-refractivity contribution is 0.102. The highest BCUT2D eigenvalue weighted by Gasteiger charge is 2.21. The molecule has 5 nitrogen and oxygen atoms in total. The number of anilines is 1. The Morgan fingerprint density at radius 2 is 2.00 bits per heavy atom. The van der Waals surface area contributed by atoms with E-state index in [9.17, 15) is 17.6 Å². The minimum atomic E-state index is -4.10. The molecule has 0 fully saturated rings. The molecule has 2 aromatic carbocycles. The molecule has 2 aromatic rings. The molecule has 0 aliphatic rings. The number of benzene rings is 2. The minimum Gasteiger partial charge on any atom is -0.321 e. The van der Waals surface area contributed by atoms with Crippen molar-refractivity contribution < 1.29 is 17.6 Å². The molecule has 132 valence electrons. The summed E-state index contributed by atoms with van der Waals surface area (Å²) in [5.41, 5.74) is 1.28. The molecule has 0 unspecified atom stereocenters. The topological polar surface area (TPSA) is 75.3 Å². The van der Waals surface area contributed by atoms with Crippen LogP contribution >= 0.6 is 11.6 Å². The molecule has 0 heterocycles. The summed E-state index contributed by atoms with van der Waals surface area (Å²) in [6.07, 6.45) is 1.32. The Labute approximate surface area is 150 Å². The Bertz CT molecular complexity index is 929. The van der Waals surface area contributed by atoms with Gasteiger partial charge in [-0.15, -0.1) is 6.58 Å². The summed E-state index contributed by atoms with van der Waals surface area (Å²) in [6, 6.07) is 8.16. The Balaban J connectivity index is 2.32. The summed E-state index contributed by atoms with van der Waals surface area (Å²) >= 11 is 6.06. The smallest absolute Gasteiger partial charge is 0.255 e. The summed E-state index contributed by atoms with van der Waals surface area (Å²) in [7, 11) is -4.10. The van der Waals surface area contributed by atoms with Crippen LogP contribution in [0.4, 0.5) is 10.1 Å². The zero-order valence-electron chi connectivity index (χ0n) is 13.3. The molecular weight excluding hydrogens is 367 g/mol. The van der Waals surface area contributed by atoms with Crippen LogP contribution in [-0.2, 0) is 10.0 Å². The van der Waals surface area contributed by atoms with Gasteiger partial charge >= 0.3 is 0 Å². The standard InChI is InChI=1S/C17H16ClFN2O3S/c1-3-8-20-25(23,24)16-10-12(5-6-14(16)19)17(22)21-15-7-4-11(2)9-13(15)18/h3-7,9-10,20H,1,8H2,2H3,(H,21,22). The van der Waals surface area contributed by atoms with E-state index in [1.165, 1.54) is 12.1 Å². The van der Waals surface area contributed by atoms with Crippen molar-refractivity contribution in [3.05, 3.63) is 71.0 Å². The third-order valence-corrected chi connectivity index (χ3v) is 5.02. The van der Waals surface area contributed by atoms with Gasteiger partial charge in [0.1, 0.15) is 10.7 Å². The fourth-order valence-corrected chi connectivity index (χ4v) is 3.39. The highest BCUT2D eigenvalue weighted by atomic mass is 35.5. The van der Waals surface area contributed by atoms with Crippen molar-refractivity contribution in [3.8, 4) is 0 Å². The molecule has 1 amide bonds. The van der Waals surface area contributed by atoms with Crippen LogP contribution in [0.2, 0.25) is 5.02 Å². The van der Waals surface area contributed by atoms with Crippen LogP contribution in [0.25, 0.3) is 0 Å². The van der Waals surface area contributed by atoms with Gasteiger partial charge in [0.25, 0.3) is 5.91 Å². The van der Waals surface area contributed by atoms with Crippen molar-refractivity contribution in [2.45, 2.75) is 11.8 Å². The van der Waals surface area contributed by atoms with E-state index in [-0.39, 0.29) is 12.1 Å². The van der Waals surface area contributed by atoms with Gasteiger partial charge in [0, 0.05) is 12.1 Å². The molecule has 0 aromatic heterocycles. The van der Waals surface area contributed by atoms with E-state index in [1.54, 1.807) is 18.2 Å². The van der Waals surface area contributed by atoms with Crippen LogP contribution in [0.3, 0.4) is 0 Å². The van der Waals surface area contributed by atoms with Crippen LogP contribution in [0.15, 0.2) is 53.9 Å². The summed E-state index contributed by atoms with van der Waals surface area (Å²) in [6.45, 7) is 5.18. The van der Waals surface area contributed by atoms with Gasteiger partial charge in [-0.3, -0.25) is 4.79 Å². The van der Waals surface area contributed by atoms with Gasteiger partial charge in [0.05, 0.1) is 10.7 Å². The Kier molecular flexibility index (Phi) is 5.94. The van der Waals surface area contributed by atoms with E-state index >= 15 is 0 Å². The number of rotatable bonds is 6. The van der Waals surface area contributed by atoms with E-state index in [4.69, 9.17) is 11.6 Å². The Morgan fingerprint density at radius 3 is 2.64 bits per heavy atom. The van der Waals surface area contributed by atoms with Gasteiger partial charge in [-0.25, -0.2) is 17.5 Å². The maximum atomic E-state index is 13.9. The molecule has 0 saturated carbocycles. The molecule has 0 aliphatic carbocycles. The lowest BCUT2D eigenvalue weighted by Gasteiger charge is -2.10. The number of aryl methyl sites for hydroxylation is 1. The van der Waals surface area contributed by atoms with Crippen molar-refractivity contribution in [2.24, 2.45) is 0 Å². The van der Waals surface area contributed by atoms with Gasteiger partial charge in [0.15, 0.2) is 0 Å². The third-order valence-electron chi connectivity index (χ3n) is 3.27. The zero-order chi connectivity index (χ0) is 18.6. The summed E-state index contributed by atoms with van der Waals surface area (Å²) in [5, 5.41) is 2.91. The Hall–Kier alpha value is -2.22. The van der Waals surface area contributed by atoms with Crippen molar-refractivity contribution in [1.29, 1.82) is 0 Å². The van der Waals surface area contributed by atoms with Crippen molar-refractivity contribution in [2.75, 3.05) is 11.9 Å². The molecule has 0 saturated heterocycles. The fraction of sp³-hybridized carbons (Fsp3) is 0.118. The van der Waals surface area contributed by atoms with Gasteiger partial charge in [-0.1, -0.05) is 23.7 Å². The predicted octanol–water partition coefficient (Wildman–Crippen LogP) is 3.50. The molecule has 0 spiro atoms. The maximum Gasteiger partial charge on any atom is 0.255 e. The van der Waals surface area contributed by atoms with Gasteiger partial charge in [-0.05, 0) is 42.8 Å². The van der Waals surface area contributed by atoms with Crippen molar-refractivity contribution in [1.82, 2.24) is 4.72 Å². The molecule has 8 heteroatoms. The number of amides is 1. The van der Waals surface area contributed by atoms with E-state index in [1.807, 2.05) is 6.92 Å². The number of nitrogens with one attached hydrogen (secondary N) is 2. The summed E-state index contributed by atoms with van der Waals surface area (Å²) < 4.78 is 40.2. The quantitative estimate of drug-likeness (QED) is 0.751. The second kappa shape index (κ2) is 7.77. The van der Waals surface area contributed by atoms with Crippen LogP contribution in [0.1, 0.15) is 15.9 Å². The largest absolute Gasteiger partial charge is 0.321 e. The van der Waals surface area contributed by atoms with E-state index in [0.29, 0.717) is 10.7 Å². The molecule has 2 N–H and O–H groups in total. The molecular formula is C17H16ClFN2O3S. The second-order valence-corrected chi connectivity index (χ2v) is 7.37. The molecule has 0 atom stereocenters. The number of carbonyl (C=O) groups excluding carboxylic acids is 1. The molecule has 0 bridgehead atoms. The zero-order valence-corrected chi connectivity index (χ0v) is 14.9. The van der Waals surface area contributed by atoms with Crippen LogP contribution in [0, 0.1) is 12.7 Å². The predicted molar refractivity (Wildman–Crippen MR) is 95.9 cm³/mol. The lowest BCUT2D eigenvalue weighted by atomic mass is 10.2. The minimum absolute atomic E-state index is 0.0166. The highest BCUT2D eigenvalue weighted by molar-refractivity contribution is 7.89. The second-order valence-electron chi connectivity index (χ2n) is 5.22. The van der Waals surface area contributed by atoms with Crippen LogP contribution in [0.5, 0.6) is 0 Å². The first-order valence-electron chi connectivity index (χ1n) is 7.22. The van der Waals surface area contributed by atoms with Crippen molar-refractivity contribution >= 4 is 33.2 Å². The van der Waals surface area contributed by atoms with Gasteiger partial charge in [0.2, 0.25) is 10.0 Å². The highest BCUT2D eigenvalue weighted by Crippen LogP contribution is 2.24. The maximum absolute atomic E-state index is 13.9. The average molecular weight is 383 g/mol. The SMILES string of the molecule is C=CCNS(=O)(=O)c1cc(C(=O)Nc2ccc(C)cc2Cl)ccc1F. The van der Waals surface area contributed by atoms with E-state index < -0.39 is 26.6 Å². The lowest BCUT2D eigenvalue weighted by Crippen LogP contribution is -2.25. The first kappa shape index (κ1) is 19.1. The Morgan fingerprint density at radius 1 is 1.28 bits per heavy atom. The van der Waals surface area contributed by atoms with Gasteiger partial charge < -0.3 is 5.32 Å². The first-order chi connectivity index (χ1) is 11.7. The molecule has 25 heavy (non-hydrogen) atoms. The summed E-state index contributed by atoms with van der Waals surface area (Å²) in [5.74, 6) is -1.56. The average Bonchev–Trinajstić information content (AvgIpc) is 2.55. The third kappa shape index (κ3) is 4.66. The molecule has 0 aliphatic heterocycles. The summed E-state index contributed by atoms with van der Waals surface area (Å²) in [4.78, 5) is 11.7. The van der Waals surface area contributed by atoms with Crippen LogP contribution in [-0.4, -0.2) is 20.9 Å².